The third-order valence-electron chi connectivity index (χ3n) is 4.15. The zero-order valence-corrected chi connectivity index (χ0v) is 12.2. The number of amides is 1. The van der Waals surface area contributed by atoms with E-state index in [1.165, 1.54) is 6.42 Å². The molecule has 1 heterocycles. The smallest absolute Gasteiger partial charge is 0.256 e. The summed E-state index contributed by atoms with van der Waals surface area (Å²) >= 11 is 0. The summed E-state index contributed by atoms with van der Waals surface area (Å²) in [6.45, 7) is 8.19. The Bertz CT molecular complexity index is 459. The van der Waals surface area contributed by atoms with Gasteiger partial charge in [-0.15, -0.1) is 0 Å². The van der Waals surface area contributed by atoms with Gasteiger partial charge in [0.1, 0.15) is 0 Å². The third-order valence-corrected chi connectivity index (χ3v) is 4.15. The second-order valence-electron chi connectivity index (χ2n) is 6.35. The van der Waals surface area contributed by atoms with Crippen LogP contribution in [0.25, 0.3) is 0 Å². The van der Waals surface area contributed by atoms with Gasteiger partial charge in [0.05, 0.1) is 5.56 Å². The lowest BCUT2D eigenvalue weighted by Crippen LogP contribution is -2.33. The number of rotatable bonds is 1. The molecule has 3 heteroatoms. The largest absolute Gasteiger partial charge is 0.398 e. The number of aryl methyl sites for hydroxylation is 1. The first-order valence-electron chi connectivity index (χ1n) is 7.05. The first-order valence-corrected chi connectivity index (χ1v) is 7.05. The summed E-state index contributed by atoms with van der Waals surface area (Å²) in [6, 6.07) is 5.65. The van der Waals surface area contributed by atoms with Crippen molar-refractivity contribution in [2.24, 2.45) is 5.41 Å². The molecule has 0 unspecified atom stereocenters. The maximum Gasteiger partial charge on any atom is 0.256 e. The molecule has 0 atom stereocenters. The number of likely N-dealkylation sites (tertiary alicyclic amines) is 1. The molecule has 0 radical (unpaired) electrons. The number of nitrogens with zero attached hydrogens (tertiary/aromatic N) is 1. The molecule has 0 saturated carbocycles. The number of carbonyl (C=O) groups excluding carboxylic acids is 1. The van der Waals surface area contributed by atoms with Crippen LogP contribution in [-0.2, 0) is 0 Å². The van der Waals surface area contributed by atoms with Crippen LogP contribution in [0.5, 0.6) is 0 Å². The highest BCUT2D eigenvalue weighted by Crippen LogP contribution is 2.30. The van der Waals surface area contributed by atoms with Gasteiger partial charge in [0.25, 0.3) is 5.91 Å². The lowest BCUT2D eigenvalue weighted by Gasteiger charge is -2.24. The van der Waals surface area contributed by atoms with E-state index in [0.29, 0.717) is 16.7 Å². The van der Waals surface area contributed by atoms with Crippen molar-refractivity contribution < 1.29 is 4.79 Å². The van der Waals surface area contributed by atoms with Crippen LogP contribution in [0.4, 0.5) is 5.69 Å². The van der Waals surface area contributed by atoms with E-state index in [4.69, 9.17) is 5.73 Å². The summed E-state index contributed by atoms with van der Waals surface area (Å²) in [7, 11) is 0. The molecule has 19 heavy (non-hydrogen) atoms. The van der Waals surface area contributed by atoms with Crippen LogP contribution in [0, 0.1) is 12.3 Å². The second kappa shape index (κ2) is 5.24. The van der Waals surface area contributed by atoms with E-state index in [0.717, 1.165) is 31.5 Å². The number of hydrogen-bond donors (Lipinski definition) is 1. The quantitative estimate of drug-likeness (QED) is 0.788. The number of benzene rings is 1. The first kappa shape index (κ1) is 13.9. The van der Waals surface area contributed by atoms with Crippen molar-refractivity contribution in [2.75, 3.05) is 18.8 Å². The molecule has 0 spiro atoms. The summed E-state index contributed by atoms with van der Waals surface area (Å²) in [5.74, 6) is 0.0910. The zero-order valence-electron chi connectivity index (χ0n) is 12.2. The average molecular weight is 260 g/mol. The Kier molecular flexibility index (Phi) is 3.83. The van der Waals surface area contributed by atoms with Crippen LogP contribution in [0.15, 0.2) is 18.2 Å². The molecule has 0 aliphatic carbocycles. The molecule has 2 rings (SSSR count). The van der Waals surface area contributed by atoms with Gasteiger partial charge in [-0.25, -0.2) is 0 Å². The molecule has 3 nitrogen and oxygen atoms in total. The van der Waals surface area contributed by atoms with E-state index in [1.807, 2.05) is 30.0 Å². The highest BCUT2D eigenvalue weighted by Gasteiger charge is 2.27. The van der Waals surface area contributed by atoms with Gasteiger partial charge in [0.2, 0.25) is 0 Å². The van der Waals surface area contributed by atoms with Crippen molar-refractivity contribution >= 4 is 11.6 Å². The fourth-order valence-electron chi connectivity index (χ4n) is 2.77. The highest BCUT2D eigenvalue weighted by atomic mass is 16.2. The van der Waals surface area contributed by atoms with Crippen molar-refractivity contribution in [3.63, 3.8) is 0 Å². The van der Waals surface area contributed by atoms with Crippen molar-refractivity contribution in [3.05, 3.63) is 29.3 Å². The Morgan fingerprint density at radius 2 is 2.00 bits per heavy atom. The van der Waals surface area contributed by atoms with Crippen molar-refractivity contribution in [1.29, 1.82) is 0 Å². The minimum absolute atomic E-state index is 0.0910. The Hall–Kier alpha value is -1.51. The van der Waals surface area contributed by atoms with Gasteiger partial charge >= 0.3 is 0 Å². The normalized spacial score (nSPS) is 19.0. The van der Waals surface area contributed by atoms with Crippen LogP contribution in [0.3, 0.4) is 0 Å². The lowest BCUT2D eigenvalue weighted by molar-refractivity contribution is 0.0758. The van der Waals surface area contributed by atoms with Crippen molar-refractivity contribution in [2.45, 2.75) is 40.0 Å². The molecule has 0 aromatic heterocycles. The number of nitrogens with two attached hydrogens (primary N) is 1. The van der Waals surface area contributed by atoms with Gasteiger partial charge in [-0.05, 0) is 43.2 Å². The molecule has 1 aliphatic heterocycles. The fourth-order valence-corrected chi connectivity index (χ4v) is 2.77. The minimum Gasteiger partial charge on any atom is -0.398 e. The molecular formula is C16H24N2O. The average Bonchev–Trinajstić information content (AvgIpc) is 2.50. The topological polar surface area (TPSA) is 46.3 Å². The van der Waals surface area contributed by atoms with Crippen LogP contribution < -0.4 is 5.73 Å². The van der Waals surface area contributed by atoms with Gasteiger partial charge < -0.3 is 10.6 Å². The molecule has 1 aromatic carbocycles. The van der Waals surface area contributed by atoms with Gasteiger partial charge in [0.15, 0.2) is 0 Å². The molecule has 1 amide bonds. The van der Waals surface area contributed by atoms with E-state index in [1.54, 1.807) is 0 Å². The van der Waals surface area contributed by atoms with E-state index >= 15 is 0 Å². The predicted molar refractivity (Wildman–Crippen MR) is 79.1 cm³/mol. The molecule has 1 aliphatic rings. The molecule has 2 N–H and O–H groups in total. The molecular weight excluding hydrogens is 236 g/mol. The van der Waals surface area contributed by atoms with Gasteiger partial charge in [0, 0.05) is 18.8 Å². The molecule has 0 bridgehead atoms. The Balaban J connectivity index is 2.20. The SMILES string of the molecule is Cc1cccc(N)c1C(=O)N1CCCC(C)(C)CC1. The maximum atomic E-state index is 12.7. The van der Waals surface area contributed by atoms with Crippen LogP contribution in [0.1, 0.15) is 49.0 Å². The Morgan fingerprint density at radius 1 is 1.26 bits per heavy atom. The van der Waals surface area contributed by atoms with Crippen molar-refractivity contribution in [3.8, 4) is 0 Å². The third kappa shape index (κ3) is 3.09. The van der Waals surface area contributed by atoms with E-state index in [9.17, 15) is 4.79 Å². The first-order chi connectivity index (χ1) is 8.91. The maximum absolute atomic E-state index is 12.7. The molecule has 104 valence electrons. The van der Waals surface area contributed by atoms with Crippen LogP contribution in [0.2, 0.25) is 0 Å². The highest BCUT2D eigenvalue weighted by molar-refractivity contribution is 6.00. The molecule has 1 aromatic rings. The Morgan fingerprint density at radius 3 is 2.68 bits per heavy atom. The summed E-state index contributed by atoms with van der Waals surface area (Å²) in [5.41, 5.74) is 8.55. The van der Waals surface area contributed by atoms with Gasteiger partial charge in [-0.1, -0.05) is 26.0 Å². The van der Waals surface area contributed by atoms with E-state index < -0.39 is 0 Å². The van der Waals surface area contributed by atoms with Crippen LogP contribution in [-0.4, -0.2) is 23.9 Å². The lowest BCUT2D eigenvalue weighted by atomic mass is 9.85. The van der Waals surface area contributed by atoms with E-state index in [2.05, 4.69) is 13.8 Å². The number of nitrogen functional groups attached to an aromatic ring is 1. The van der Waals surface area contributed by atoms with Crippen molar-refractivity contribution in [1.82, 2.24) is 4.90 Å². The molecule has 1 saturated heterocycles. The molecule has 1 fully saturated rings. The van der Waals surface area contributed by atoms with Gasteiger partial charge in [-0.2, -0.15) is 0 Å². The monoisotopic (exact) mass is 260 g/mol. The summed E-state index contributed by atoms with van der Waals surface area (Å²) < 4.78 is 0. The number of anilines is 1. The summed E-state index contributed by atoms with van der Waals surface area (Å²) in [5, 5.41) is 0. The summed E-state index contributed by atoms with van der Waals surface area (Å²) in [4.78, 5) is 14.6. The number of carbonyl (C=O) groups is 1. The van der Waals surface area contributed by atoms with E-state index in [-0.39, 0.29) is 5.91 Å². The zero-order chi connectivity index (χ0) is 14.0. The predicted octanol–water partition coefficient (Wildman–Crippen LogP) is 3.23. The summed E-state index contributed by atoms with van der Waals surface area (Å²) in [6.07, 6.45) is 3.31. The fraction of sp³-hybridized carbons (Fsp3) is 0.562. The second-order valence-corrected chi connectivity index (χ2v) is 6.35. The standard InChI is InChI=1S/C16H24N2O/c1-12-6-4-7-13(17)14(12)15(19)18-10-5-8-16(2,3)9-11-18/h4,6-7H,5,8-11,17H2,1-3H3. The Labute approximate surface area is 115 Å². The minimum atomic E-state index is 0.0910. The number of hydrogen-bond acceptors (Lipinski definition) is 2. The van der Waals surface area contributed by atoms with Gasteiger partial charge in [-0.3, -0.25) is 4.79 Å². The van der Waals surface area contributed by atoms with Crippen LogP contribution >= 0.6 is 0 Å².